The number of phenols is 1. The standard InChI is InChI=1S/C10H12O2.Na.H2O4S.H/c1-3-4-8-5-6-9(11)10(7-8)12-2;;1-5(2,3)4;/h3,5-7,11H,1,4H2,2H3;;(H2,1,2,3,4);. The molecule has 0 bridgehead atoms. The van der Waals surface area contributed by atoms with E-state index in [0.717, 1.165) is 12.0 Å². The first-order chi connectivity index (χ1) is 7.77. The zero-order valence-electron chi connectivity index (χ0n) is 9.20. The van der Waals surface area contributed by atoms with Crippen LogP contribution >= 0.6 is 0 Å². The Balaban J connectivity index is 0. The fraction of sp³-hybridized carbons (Fsp3) is 0.200. The molecule has 0 unspecified atom stereocenters. The molecule has 18 heavy (non-hydrogen) atoms. The second kappa shape index (κ2) is 9.37. The summed E-state index contributed by atoms with van der Waals surface area (Å²) in [5.41, 5.74) is 1.08. The molecule has 0 aliphatic carbocycles. The minimum absolute atomic E-state index is 0. The zero-order valence-corrected chi connectivity index (χ0v) is 10.0. The Hall–Kier alpha value is -0.570. The number of hydrogen-bond donors (Lipinski definition) is 3. The number of rotatable bonds is 3. The van der Waals surface area contributed by atoms with Gasteiger partial charge in [-0.3, -0.25) is 9.11 Å². The van der Waals surface area contributed by atoms with E-state index in [1.165, 1.54) is 7.11 Å². The number of methoxy groups -OCH3 is 1. The van der Waals surface area contributed by atoms with Gasteiger partial charge in [-0.1, -0.05) is 12.1 Å². The summed E-state index contributed by atoms with van der Waals surface area (Å²) in [7, 11) is -3.13. The van der Waals surface area contributed by atoms with Crippen molar-refractivity contribution in [2.24, 2.45) is 0 Å². The molecule has 98 valence electrons. The predicted molar refractivity (Wildman–Crippen MR) is 69.9 cm³/mol. The van der Waals surface area contributed by atoms with E-state index in [4.69, 9.17) is 22.3 Å². The molecule has 0 spiro atoms. The number of aromatic hydroxyl groups is 1. The van der Waals surface area contributed by atoms with Crippen LogP contribution in [0.5, 0.6) is 11.5 Å². The molecule has 0 saturated carbocycles. The van der Waals surface area contributed by atoms with Gasteiger partial charge in [-0.2, -0.15) is 8.42 Å². The average molecular weight is 286 g/mol. The van der Waals surface area contributed by atoms with E-state index in [1.54, 1.807) is 12.1 Å². The first-order valence-corrected chi connectivity index (χ1v) is 5.84. The van der Waals surface area contributed by atoms with Gasteiger partial charge in [-0.15, -0.1) is 6.58 Å². The fourth-order valence-corrected chi connectivity index (χ4v) is 1.02. The van der Waals surface area contributed by atoms with Crippen LogP contribution in [0, 0.1) is 0 Å². The molecule has 1 aromatic carbocycles. The Kier molecular flexibility index (Phi) is 10.3. The van der Waals surface area contributed by atoms with Crippen LogP contribution in [-0.4, -0.2) is 59.3 Å². The van der Waals surface area contributed by atoms with Crippen molar-refractivity contribution in [3.63, 3.8) is 0 Å². The first-order valence-electron chi connectivity index (χ1n) is 4.44. The van der Waals surface area contributed by atoms with Crippen LogP contribution in [0.2, 0.25) is 0 Å². The molecule has 8 heteroatoms. The summed E-state index contributed by atoms with van der Waals surface area (Å²) in [5.74, 6) is 0.680. The van der Waals surface area contributed by atoms with Gasteiger partial charge in [0.05, 0.1) is 7.11 Å². The third kappa shape index (κ3) is 10.6. The Morgan fingerprint density at radius 1 is 1.39 bits per heavy atom. The van der Waals surface area contributed by atoms with E-state index in [2.05, 4.69) is 6.58 Å². The Labute approximate surface area is 128 Å². The van der Waals surface area contributed by atoms with Crippen molar-refractivity contribution < 1.29 is 27.4 Å². The van der Waals surface area contributed by atoms with Crippen molar-refractivity contribution in [2.45, 2.75) is 6.42 Å². The van der Waals surface area contributed by atoms with Gasteiger partial charge in [0.1, 0.15) is 0 Å². The van der Waals surface area contributed by atoms with Crippen molar-refractivity contribution in [3.05, 3.63) is 36.4 Å². The first kappa shape index (κ1) is 19.8. The summed E-state index contributed by atoms with van der Waals surface area (Å²) < 4.78 is 36.5. The van der Waals surface area contributed by atoms with Gasteiger partial charge in [0.2, 0.25) is 0 Å². The van der Waals surface area contributed by atoms with Gasteiger partial charge >= 0.3 is 40.0 Å². The number of benzene rings is 1. The molecular formula is C10H15NaO6S. The van der Waals surface area contributed by atoms with Gasteiger partial charge < -0.3 is 9.84 Å². The van der Waals surface area contributed by atoms with Gasteiger partial charge in [0.15, 0.2) is 11.5 Å². The average Bonchev–Trinajstić information content (AvgIpc) is 2.19. The molecule has 1 aromatic rings. The van der Waals surface area contributed by atoms with Crippen molar-refractivity contribution in [2.75, 3.05) is 7.11 Å². The van der Waals surface area contributed by atoms with Crippen LogP contribution in [0.1, 0.15) is 5.56 Å². The van der Waals surface area contributed by atoms with Crippen LogP contribution in [0.3, 0.4) is 0 Å². The maximum absolute atomic E-state index is 9.25. The molecule has 0 saturated heterocycles. The minimum atomic E-state index is -4.67. The molecular weight excluding hydrogens is 271 g/mol. The summed E-state index contributed by atoms with van der Waals surface area (Å²) in [4.78, 5) is 0. The maximum atomic E-state index is 9.25. The number of hydrogen-bond acceptors (Lipinski definition) is 4. The molecule has 0 radical (unpaired) electrons. The quantitative estimate of drug-likeness (QED) is 0.432. The molecule has 0 aromatic heterocycles. The molecule has 0 amide bonds. The Morgan fingerprint density at radius 2 is 1.89 bits per heavy atom. The Bertz CT molecular complexity index is 463. The van der Waals surface area contributed by atoms with Crippen molar-refractivity contribution in [1.82, 2.24) is 0 Å². The van der Waals surface area contributed by atoms with Gasteiger partial charge in [0.25, 0.3) is 0 Å². The normalized spacial score (nSPS) is 9.50. The molecule has 1 rings (SSSR count). The third-order valence-corrected chi connectivity index (χ3v) is 1.62. The molecule has 6 nitrogen and oxygen atoms in total. The topological polar surface area (TPSA) is 104 Å². The molecule has 0 aliphatic rings. The third-order valence-electron chi connectivity index (χ3n) is 1.62. The summed E-state index contributed by atoms with van der Waals surface area (Å²) in [6.07, 6.45) is 2.60. The predicted octanol–water partition coefficient (Wildman–Crippen LogP) is 0.828. The van der Waals surface area contributed by atoms with Crippen molar-refractivity contribution >= 4 is 40.0 Å². The summed E-state index contributed by atoms with van der Waals surface area (Å²) in [5, 5.41) is 9.25. The van der Waals surface area contributed by atoms with Crippen LogP contribution in [0.25, 0.3) is 0 Å². The van der Waals surface area contributed by atoms with Crippen LogP contribution in [0.15, 0.2) is 30.9 Å². The molecule has 0 heterocycles. The monoisotopic (exact) mass is 286 g/mol. The second-order valence-corrected chi connectivity index (χ2v) is 3.84. The van der Waals surface area contributed by atoms with E-state index < -0.39 is 10.4 Å². The van der Waals surface area contributed by atoms with Crippen molar-refractivity contribution in [1.29, 1.82) is 0 Å². The summed E-state index contributed by atoms with van der Waals surface area (Å²) in [6.45, 7) is 3.63. The number of phenolic OH excluding ortho intramolecular Hbond substituents is 1. The zero-order chi connectivity index (χ0) is 13.5. The van der Waals surface area contributed by atoms with Crippen LogP contribution in [-0.2, 0) is 16.8 Å². The SMILES string of the molecule is C=CCc1ccc(O)c(OC)c1.O=S(=O)(O)O.[NaH]. The van der Waals surface area contributed by atoms with E-state index in [-0.39, 0.29) is 35.3 Å². The molecule has 0 fully saturated rings. The molecule has 0 atom stereocenters. The Morgan fingerprint density at radius 3 is 2.28 bits per heavy atom. The van der Waals surface area contributed by atoms with Gasteiger partial charge in [-0.05, 0) is 24.1 Å². The van der Waals surface area contributed by atoms with E-state index >= 15 is 0 Å². The van der Waals surface area contributed by atoms with Crippen LogP contribution < -0.4 is 4.74 Å². The van der Waals surface area contributed by atoms with E-state index in [9.17, 15) is 5.11 Å². The van der Waals surface area contributed by atoms with E-state index in [1.807, 2.05) is 12.1 Å². The summed E-state index contributed by atoms with van der Waals surface area (Å²) in [6, 6.07) is 5.27. The number of allylic oxidation sites excluding steroid dienone is 1. The van der Waals surface area contributed by atoms with Crippen molar-refractivity contribution in [3.8, 4) is 11.5 Å². The van der Waals surface area contributed by atoms with Crippen LogP contribution in [0.4, 0.5) is 0 Å². The molecule has 0 aliphatic heterocycles. The van der Waals surface area contributed by atoms with E-state index in [0.29, 0.717) is 5.75 Å². The molecule has 3 N–H and O–H groups in total. The second-order valence-electron chi connectivity index (χ2n) is 2.95. The summed E-state index contributed by atoms with van der Waals surface area (Å²) >= 11 is 0. The number of ether oxygens (including phenoxy) is 1. The van der Waals surface area contributed by atoms with Gasteiger partial charge in [0, 0.05) is 0 Å². The fourth-order valence-electron chi connectivity index (χ4n) is 1.02. The van der Waals surface area contributed by atoms with Gasteiger partial charge in [-0.25, -0.2) is 0 Å².